The molecule has 162 valence electrons. The summed E-state index contributed by atoms with van der Waals surface area (Å²) in [6.45, 7) is 4.12. The van der Waals surface area contributed by atoms with Crippen molar-refractivity contribution in [2.75, 3.05) is 19.7 Å². The molecule has 0 bridgehead atoms. The zero-order valence-corrected chi connectivity index (χ0v) is 17.1. The predicted molar refractivity (Wildman–Crippen MR) is 117 cm³/mol. The second kappa shape index (κ2) is 12.8. The number of rotatable bonds is 7. The highest BCUT2D eigenvalue weighted by atomic mass is 16.4. The third-order valence-corrected chi connectivity index (χ3v) is 3.64. The lowest BCUT2D eigenvalue weighted by Crippen LogP contribution is -2.27. The van der Waals surface area contributed by atoms with Crippen molar-refractivity contribution < 1.29 is 19.8 Å². The Balaban J connectivity index is 0.00000141. The van der Waals surface area contributed by atoms with Gasteiger partial charge in [-0.1, -0.05) is 6.92 Å². The van der Waals surface area contributed by atoms with E-state index in [9.17, 15) is 9.59 Å². The van der Waals surface area contributed by atoms with E-state index in [4.69, 9.17) is 21.7 Å². The Kier molecular flexibility index (Phi) is 10.5. The summed E-state index contributed by atoms with van der Waals surface area (Å²) in [7, 11) is 0. The van der Waals surface area contributed by atoms with E-state index in [-0.39, 0.29) is 25.5 Å². The number of aromatic nitrogens is 1. The predicted octanol–water partition coefficient (Wildman–Crippen LogP) is 0.837. The number of aliphatic hydroxyl groups excluding tert-OH is 1. The Bertz CT molecular complexity index is 874. The molecule has 30 heavy (non-hydrogen) atoms. The Morgan fingerprint density at radius 2 is 2.07 bits per heavy atom. The van der Waals surface area contributed by atoms with Crippen LogP contribution in [0.5, 0.6) is 0 Å². The van der Waals surface area contributed by atoms with Crippen molar-refractivity contribution in [3.05, 3.63) is 35.3 Å². The van der Waals surface area contributed by atoms with Gasteiger partial charge in [0.25, 0.3) is 0 Å². The number of carbonyl (C=O) groups is 2. The fraction of sp³-hybridized carbons (Fsp3) is 0.350. The molecule has 0 fully saturated rings. The maximum absolute atomic E-state index is 12.3. The molecule has 1 aliphatic heterocycles. The highest BCUT2D eigenvalue weighted by Gasteiger charge is 2.17. The van der Waals surface area contributed by atoms with Crippen LogP contribution in [0.3, 0.4) is 0 Å². The summed E-state index contributed by atoms with van der Waals surface area (Å²) in [5.41, 5.74) is 14.2. The zero-order valence-electron chi connectivity index (χ0n) is 17.1. The number of amidine groups is 1. The lowest BCUT2D eigenvalue weighted by Gasteiger charge is -2.06. The number of nitrogens with one attached hydrogen (secondary N) is 1. The normalized spacial score (nSPS) is 13.4. The number of carboxylic acids is 1. The van der Waals surface area contributed by atoms with Crippen molar-refractivity contribution in [1.82, 2.24) is 10.3 Å². The Morgan fingerprint density at radius 3 is 2.67 bits per heavy atom. The van der Waals surface area contributed by atoms with Crippen LogP contribution in [0.1, 0.15) is 37.9 Å². The second-order valence-electron chi connectivity index (χ2n) is 6.14. The molecule has 0 radical (unpaired) electrons. The Hall–Kier alpha value is -3.53. The number of fused-ring (bicyclic) bond motifs is 1. The molecule has 0 saturated carbocycles. The Morgan fingerprint density at radius 1 is 1.37 bits per heavy atom. The standard InChI is InChI=1S/C18H22N6O3.C2H6O/c1-2-3-22-18(27)11-4-14-15(24-16(20)6-11)5-12(9-23-14)13(7-19)8-21-10-17(25)26;1-2-3/h4-5,7-9H,2-3,6,10,19H2,1H3,(H2,20,24)(H,22,27)(H,25,26);3H,2H2,1H3/b13-7+,21-8?;. The average molecular weight is 416 g/mol. The number of hydrogen-bond acceptors (Lipinski definition) is 8. The number of carboxylic acid groups (broad SMARTS) is 1. The summed E-state index contributed by atoms with van der Waals surface area (Å²) in [6.07, 6.45) is 6.94. The first-order valence-corrected chi connectivity index (χ1v) is 9.42. The molecule has 2 heterocycles. The van der Waals surface area contributed by atoms with E-state index >= 15 is 0 Å². The number of aliphatic hydroxyl groups is 1. The van der Waals surface area contributed by atoms with Gasteiger partial charge in [-0.15, -0.1) is 0 Å². The zero-order chi connectivity index (χ0) is 22.5. The molecule has 1 aromatic rings. The molecule has 0 aliphatic carbocycles. The fourth-order valence-electron chi connectivity index (χ4n) is 2.36. The van der Waals surface area contributed by atoms with Gasteiger partial charge in [0.15, 0.2) is 0 Å². The minimum Gasteiger partial charge on any atom is -0.480 e. The number of aliphatic carboxylic acids is 1. The van der Waals surface area contributed by atoms with Crippen LogP contribution in [0.25, 0.3) is 11.6 Å². The summed E-state index contributed by atoms with van der Waals surface area (Å²) in [4.78, 5) is 35.3. The molecule has 0 spiro atoms. The molecule has 7 N–H and O–H groups in total. The molecule has 1 amide bonds. The number of allylic oxidation sites excluding steroid dienone is 1. The van der Waals surface area contributed by atoms with Gasteiger partial charge in [0.2, 0.25) is 5.91 Å². The van der Waals surface area contributed by atoms with Crippen molar-refractivity contribution >= 4 is 41.3 Å². The number of aliphatic imine (C=N–C) groups is 2. The molecular weight excluding hydrogens is 388 g/mol. The number of nitrogens with zero attached hydrogens (tertiary/aromatic N) is 3. The molecule has 0 aromatic carbocycles. The molecule has 10 nitrogen and oxygen atoms in total. The minimum absolute atomic E-state index is 0.197. The number of nitrogens with two attached hydrogens (primary N) is 2. The van der Waals surface area contributed by atoms with Crippen LogP contribution in [0, 0.1) is 0 Å². The molecule has 2 rings (SSSR count). The van der Waals surface area contributed by atoms with Crippen molar-refractivity contribution in [3.63, 3.8) is 0 Å². The molecular formula is C20H28N6O4. The van der Waals surface area contributed by atoms with E-state index in [1.165, 1.54) is 12.4 Å². The first kappa shape index (κ1) is 24.5. The van der Waals surface area contributed by atoms with Crippen LogP contribution < -0.4 is 16.8 Å². The van der Waals surface area contributed by atoms with Crippen molar-refractivity contribution in [2.45, 2.75) is 26.7 Å². The number of pyridine rings is 1. The summed E-state index contributed by atoms with van der Waals surface area (Å²) < 4.78 is 0. The van der Waals surface area contributed by atoms with Crippen molar-refractivity contribution in [2.24, 2.45) is 21.5 Å². The SMILES string of the molecule is CCCNC(=O)C1=Cc2ncc(/C(C=NCC(=O)O)=C/N)cc2N=C(N)C1.CCO. The molecule has 0 atom stereocenters. The van der Waals surface area contributed by atoms with Gasteiger partial charge in [-0.25, -0.2) is 4.99 Å². The molecule has 0 saturated heterocycles. The molecule has 0 unspecified atom stereocenters. The van der Waals surface area contributed by atoms with Crippen LogP contribution >= 0.6 is 0 Å². The van der Waals surface area contributed by atoms with Crippen LogP contribution in [-0.2, 0) is 9.59 Å². The summed E-state index contributed by atoms with van der Waals surface area (Å²) in [6, 6.07) is 1.71. The smallest absolute Gasteiger partial charge is 0.325 e. The highest BCUT2D eigenvalue weighted by molar-refractivity contribution is 6.10. The Labute approximate surface area is 175 Å². The quantitative estimate of drug-likeness (QED) is 0.409. The van der Waals surface area contributed by atoms with Gasteiger partial charge in [-0.3, -0.25) is 19.6 Å². The topological polar surface area (TPSA) is 176 Å². The number of amides is 1. The van der Waals surface area contributed by atoms with Crippen LogP contribution in [0.4, 0.5) is 5.69 Å². The monoisotopic (exact) mass is 416 g/mol. The van der Waals surface area contributed by atoms with Crippen molar-refractivity contribution in [3.8, 4) is 0 Å². The summed E-state index contributed by atoms with van der Waals surface area (Å²) >= 11 is 0. The van der Waals surface area contributed by atoms with Gasteiger partial charge in [0, 0.05) is 54.9 Å². The van der Waals surface area contributed by atoms with Gasteiger partial charge in [0.1, 0.15) is 12.4 Å². The third kappa shape index (κ3) is 7.84. The molecule has 10 heteroatoms. The van der Waals surface area contributed by atoms with Gasteiger partial charge in [0.05, 0.1) is 11.4 Å². The lowest BCUT2D eigenvalue weighted by atomic mass is 10.1. The molecule has 1 aliphatic rings. The number of carbonyl (C=O) groups excluding carboxylic acids is 1. The summed E-state index contributed by atoms with van der Waals surface area (Å²) in [5.74, 6) is -0.945. The van der Waals surface area contributed by atoms with E-state index < -0.39 is 5.97 Å². The van der Waals surface area contributed by atoms with E-state index in [0.29, 0.717) is 40.5 Å². The van der Waals surface area contributed by atoms with Crippen LogP contribution in [-0.4, -0.2) is 58.8 Å². The van der Waals surface area contributed by atoms with E-state index in [0.717, 1.165) is 6.42 Å². The van der Waals surface area contributed by atoms with E-state index in [1.807, 2.05) is 6.92 Å². The van der Waals surface area contributed by atoms with Crippen LogP contribution in [0.2, 0.25) is 0 Å². The maximum atomic E-state index is 12.3. The second-order valence-corrected chi connectivity index (χ2v) is 6.14. The van der Waals surface area contributed by atoms with E-state index in [2.05, 4.69) is 20.3 Å². The summed E-state index contributed by atoms with van der Waals surface area (Å²) in [5, 5.41) is 19.0. The van der Waals surface area contributed by atoms with Gasteiger partial charge in [-0.05, 0) is 25.5 Å². The van der Waals surface area contributed by atoms with Crippen molar-refractivity contribution in [1.29, 1.82) is 0 Å². The first-order valence-electron chi connectivity index (χ1n) is 9.42. The maximum Gasteiger partial charge on any atom is 0.325 e. The van der Waals surface area contributed by atoms with Gasteiger partial charge in [-0.2, -0.15) is 0 Å². The minimum atomic E-state index is -1.04. The first-order chi connectivity index (χ1) is 14.4. The fourth-order valence-corrected chi connectivity index (χ4v) is 2.36. The van der Waals surface area contributed by atoms with Crippen LogP contribution in [0.15, 0.2) is 34.0 Å². The lowest BCUT2D eigenvalue weighted by molar-refractivity contribution is -0.135. The van der Waals surface area contributed by atoms with Gasteiger partial charge < -0.3 is 27.0 Å². The average Bonchev–Trinajstić information content (AvgIpc) is 2.87. The highest BCUT2D eigenvalue weighted by Crippen LogP contribution is 2.27. The number of hydrogen-bond donors (Lipinski definition) is 5. The third-order valence-electron chi connectivity index (χ3n) is 3.64. The van der Waals surface area contributed by atoms with E-state index in [1.54, 1.807) is 25.3 Å². The largest absolute Gasteiger partial charge is 0.480 e. The van der Waals surface area contributed by atoms with Gasteiger partial charge >= 0.3 is 5.97 Å². The molecule has 1 aromatic heterocycles.